The maximum absolute atomic E-state index is 15.8. The molecule has 0 saturated carbocycles. The van der Waals surface area contributed by atoms with E-state index in [-0.39, 0.29) is 27.6 Å². The lowest BCUT2D eigenvalue weighted by Crippen LogP contribution is -2.50. The van der Waals surface area contributed by atoms with Gasteiger partial charge in [0.2, 0.25) is 0 Å². The summed E-state index contributed by atoms with van der Waals surface area (Å²) in [5, 5.41) is 0.150. The third-order valence-corrected chi connectivity index (χ3v) is 9.47. The van der Waals surface area contributed by atoms with Crippen LogP contribution in [0.1, 0.15) is 40.1 Å². The van der Waals surface area contributed by atoms with Crippen LogP contribution in [0.3, 0.4) is 0 Å². The van der Waals surface area contributed by atoms with Crippen molar-refractivity contribution in [3.8, 4) is 5.75 Å². The fourth-order valence-electron chi connectivity index (χ4n) is 5.57. The molecule has 0 saturated heterocycles. The number of fused-ring (bicyclic) bond motifs is 1. The molecule has 0 aromatic heterocycles. The van der Waals surface area contributed by atoms with Gasteiger partial charge < -0.3 is 9.64 Å². The van der Waals surface area contributed by atoms with Crippen molar-refractivity contribution >= 4 is 44.6 Å². The Morgan fingerprint density at radius 1 is 0.891 bits per heavy atom. The van der Waals surface area contributed by atoms with Crippen LogP contribution in [0.5, 0.6) is 5.75 Å². The van der Waals surface area contributed by atoms with Crippen LogP contribution in [0, 0.1) is 12.7 Å². The number of halogens is 2. The van der Waals surface area contributed by atoms with Gasteiger partial charge in [-0.05, 0) is 86.1 Å². The Kier molecular flexibility index (Phi) is 8.71. The highest BCUT2D eigenvalue weighted by Gasteiger charge is 2.42. The summed E-state index contributed by atoms with van der Waals surface area (Å²) in [6, 6.07) is 32.2. The third kappa shape index (κ3) is 6.16. The fraction of sp³-hybridized carbons (Fsp3) is 0.139. The Morgan fingerprint density at radius 2 is 1.61 bits per heavy atom. The summed E-state index contributed by atoms with van der Waals surface area (Å²) in [7, 11) is -4.07. The molecule has 1 amide bonds. The number of rotatable bonds is 9. The van der Waals surface area contributed by atoms with Gasteiger partial charge in [-0.1, -0.05) is 65.7 Å². The Morgan fingerprint density at radius 3 is 2.28 bits per heavy atom. The SMILES string of the molecule is CCOc1ccc(N2C(=O)c3cc(S(=O)(=O)Nc4ccc(C)cc4)ccc3N(Cc3ccccc3)[C@@H]2c2c(F)cccc2Cl)cc1. The lowest BCUT2D eigenvalue weighted by Gasteiger charge is -2.46. The first-order valence-electron chi connectivity index (χ1n) is 14.7. The Bertz CT molecular complexity index is 1970. The van der Waals surface area contributed by atoms with Crippen molar-refractivity contribution in [2.75, 3.05) is 21.1 Å². The predicted molar refractivity (Wildman–Crippen MR) is 180 cm³/mol. The lowest BCUT2D eigenvalue weighted by molar-refractivity contribution is 0.0967. The second-order valence-corrected chi connectivity index (χ2v) is 13.0. The number of aryl methyl sites for hydroxylation is 1. The maximum atomic E-state index is 15.8. The maximum Gasteiger partial charge on any atom is 0.262 e. The van der Waals surface area contributed by atoms with Crippen LogP contribution < -0.4 is 19.3 Å². The van der Waals surface area contributed by atoms with Crippen LogP contribution >= 0.6 is 11.6 Å². The molecule has 1 aliphatic heterocycles. The van der Waals surface area contributed by atoms with Gasteiger partial charge >= 0.3 is 0 Å². The van der Waals surface area contributed by atoms with E-state index in [0.29, 0.717) is 29.4 Å². The molecular formula is C36H31ClFN3O4S. The van der Waals surface area contributed by atoms with Gasteiger partial charge in [0.25, 0.3) is 15.9 Å². The van der Waals surface area contributed by atoms with Gasteiger partial charge in [0, 0.05) is 23.5 Å². The van der Waals surface area contributed by atoms with Crippen molar-refractivity contribution < 1.29 is 22.3 Å². The molecule has 0 unspecified atom stereocenters. The van der Waals surface area contributed by atoms with Gasteiger partial charge in [0.15, 0.2) is 0 Å². The molecule has 7 nitrogen and oxygen atoms in total. The molecule has 0 fully saturated rings. The summed E-state index contributed by atoms with van der Waals surface area (Å²) in [6.07, 6.45) is -1.01. The quantitative estimate of drug-likeness (QED) is 0.173. The largest absolute Gasteiger partial charge is 0.494 e. The molecule has 0 aliphatic carbocycles. The van der Waals surface area contributed by atoms with Gasteiger partial charge in [-0.2, -0.15) is 0 Å². The van der Waals surface area contributed by atoms with Gasteiger partial charge in [-0.3, -0.25) is 14.4 Å². The lowest BCUT2D eigenvalue weighted by atomic mass is 9.98. The van der Waals surface area contributed by atoms with E-state index >= 15 is 4.39 Å². The minimum absolute atomic E-state index is 0.0890. The van der Waals surface area contributed by atoms with E-state index in [4.69, 9.17) is 16.3 Å². The summed E-state index contributed by atoms with van der Waals surface area (Å²) in [5.41, 5.74) is 3.42. The third-order valence-electron chi connectivity index (χ3n) is 7.76. The van der Waals surface area contributed by atoms with Gasteiger partial charge in [0.1, 0.15) is 17.7 Å². The van der Waals surface area contributed by atoms with E-state index in [9.17, 15) is 13.2 Å². The van der Waals surface area contributed by atoms with Crippen molar-refractivity contribution in [3.05, 3.63) is 148 Å². The second kappa shape index (κ2) is 12.9. The Balaban J connectivity index is 1.54. The van der Waals surface area contributed by atoms with Crippen LogP contribution in [0.25, 0.3) is 0 Å². The first-order valence-corrected chi connectivity index (χ1v) is 16.6. The Labute approximate surface area is 272 Å². The highest BCUT2D eigenvalue weighted by atomic mass is 35.5. The van der Waals surface area contributed by atoms with Crippen molar-refractivity contribution in [2.45, 2.75) is 31.5 Å². The highest BCUT2D eigenvalue weighted by Crippen LogP contribution is 2.45. The van der Waals surface area contributed by atoms with Gasteiger partial charge in [0.05, 0.1) is 27.8 Å². The Hall–Kier alpha value is -4.86. The molecule has 5 aromatic carbocycles. The minimum atomic E-state index is -4.07. The van der Waals surface area contributed by atoms with Crippen LogP contribution in [-0.4, -0.2) is 20.9 Å². The summed E-state index contributed by atoms with van der Waals surface area (Å²) < 4.78 is 51.1. The molecule has 0 bridgehead atoms. The zero-order valence-electron chi connectivity index (χ0n) is 25.2. The monoisotopic (exact) mass is 655 g/mol. The first-order chi connectivity index (χ1) is 22.2. The molecule has 0 radical (unpaired) electrons. The van der Waals surface area contributed by atoms with Gasteiger partial charge in [-0.25, -0.2) is 12.8 Å². The molecule has 234 valence electrons. The van der Waals surface area contributed by atoms with Gasteiger partial charge in [-0.15, -0.1) is 0 Å². The molecule has 10 heteroatoms. The van der Waals surface area contributed by atoms with Crippen molar-refractivity contribution in [1.82, 2.24) is 0 Å². The molecule has 0 spiro atoms. The van der Waals surface area contributed by atoms with Crippen molar-refractivity contribution in [1.29, 1.82) is 0 Å². The molecular weight excluding hydrogens is 625 g/mol. The number of hydrogen-bond acceptors (Lipinski definition) is 5. The second-order valence-electron chi connectivity index (χ2n) is 10.9. The summed E-state index contributed by atoms with van der Waals surface area (Å²) in [6.45, 7) is 4.50. The molecule has 1 aliphatic rings. The smallest absolute Gasteiger partial charge is 0.262 e. The molecule has 1 N–H and O–H groups in total. The van der Waals surface area contributed by atoms with E-state index in [1.54, 1.807) is 60.7 Å². The zero-order chi connectivity index (χ0) is 32.4. The average molecular weight is 656 g/mol. The number of nitrogens with one attached hydrogen (secondary N) is 1. The number of carbonyl (C=O) groups excluding carboxylic acids is 1. The molecule has 46 heavy (non-hydrogen) atoms. The summed E-state index contributed by atoms with van der Waals surface area (Å²) in [5.74, 6) is -0.488. The number of anilines is 3. The van der Waals surface area contributed by atoms with Crippen LogP contribution in [0.15, 0.2) is 120 Å². The molecule has 1 heterocycles. The number of carbonyl (C=O) groups is 1. The number of sulfonamides is 1. The van der Waals surface area contributed by atoms with E-state index < -0.39 is 27.9 Å². The van der Waals surface area contributed by atoms with E-state index in [1.165, 1.54) is 29.2 Å². The van der Waals surface area contributed by atoms with E-state index in [1.807, 2.05) is 49.1 Å². The predicted octanol–water partition coefficient (Wildman–Crippen LogP) is 8.35. The zero-order valence-corrected chi connectivity index (χ0v) is 26.7. The number of amides is 1. The van der Waals surface area contributed by atoms with Crippen LogP contribution in [0.4, 0.5) is 21.5 Å². The molecule has 6 rings (SSSR count). The topological polar surface area (TPSA) is 78.9 Å². The number of ether oxygens (including phenoxy) is 1. The number of nitrogens with zero attached hydrogens (tertiary/aromatic N) is 2. The molecule has 1 atom stereocenters. The van der Waals surface area contributed by atoms with E-state index in [2.05, 4.69) is 4.72 Å². The summed E-state index contributed by atoms with van der Waals surface area (Å²) >= 11 is 6.68. The van der Waals surface area contributed by atoms with Crippen molar-refractivity contribution in [2.24, 2.45) is 0 Å². The van der Waals surface area contributed by atoms with Crippen LogP contribution in [0.2, 0.25) is 5.02 Å². The normalized spacial score (nSPS) is 14.6. The highest BCUT2D eigenvalue weighted by molar-refractivity contribution is 7.92. The average Bonchev–Trinajstić information content (AvgIpc) is 3.05. The standard InChI is InChI=1S/C36H31ClFN3O4S/c1-3-45-28-18-16-27(17-19-28)41-35(34-31(37)10-7-11-32(34)38)40(23-25-8-5-4-6-9-25)33-21-20-29(22-30(33)36(41)42)46(43,44)39-26-14-12-24(2)13-15-26/h4-22,35,39H,3,23H2,1-2H3/t35-/m0/s1. The van der Waals surface area contributed by atoms with Crippen molar-refractivity contribution in [3.63, 3.8) is 0 Å². The first kappa shape index (κ1) is 31.1. The number of benzene rings is 5. The summed E-state index contributed by atoms with van der Waals surface area (Å²) in [4.78, 5) is 17.8. The van der Waals surface area contributed by atoms with Crippen LogP contribution in [-0.2, 0) is 16.6 Å². The molecule has 5 aromatic rings. The number of hydrogen-bond donors (Lipinski definition) is 1. The fourth-order valence-corrected chi connectivity index (χ4v) is 6.92. The minimum Gasteiger partial charge on any atom is -0.494 e. The van der Waals surface area contributed by atoms with E-state index in [0.717, 1.165) is 11.1 Å².